The summed E-state index contributed by atoms with van der Waals surface area (Å²) < 4.78 is 12.1. The molecule has 4 heteroatoms. The number of rotatable bonds is 4. The second-order valence-corrected chi connectivity index (χ2v) is 8.48. The summed E-state index contributed by atoms with van der Waals surface area (Å²) in [6, 6.07) is 10.1. The van der Waals surface area contributed by atoms with Gasteiger partial charge in [0.25, 0.3) is 0 Å². The van der Waals surface area contributed by atoms with E-state index in [1.54, 1.807) is 12.4 Å². The van der Waals surface area contributed by atoms with Crippen molar-refractivity contribution in [3.8, 4) is 0 Å². The summed E-state index contributed by atoms with van der Waals surface area (Å²) in [6.45, 7) is 8.44. The van der Waals surface area contributed by atoms with E-state index in [2.05, 4.69) is 37.9 Å². The van der Waals surface area contributed by atoms with Gasteiger partial charge in [0, 0.05) is 23.2 Å². The Hall–Kier alpha value is -1.45. The van der Waals surface area contributed by atoms with Gasteiger partial charge >= 0.3 is 0 Å². The summed E-state index contributed by atoms with van der Waals surface area (Å²) in [6.07, 6.45) is 5.20. The van der Waals surface area contributed by atoms with Crippen LogP contribution in [-0.2, 0) is 16.2 Å². The van der Waals surface area contributed by atoms with Crippen molar-refractivity contribution in [2.75, 3.05) is 5.75 Å². The molecule has 0 aliphatic heterocycles. The Morgan fingerprint density at radius 2 is 1.87 bits per heavy atom. The Morgan fingerprint density at radius 3 is 2.43 bits per heavy atom. The molecule has 1 aromatic carbocycles. The topological polar surface area (TPSA) is 30.0 Å². The zero-order valence-electron chi connectivity index (χ0n) is 14.0. The third kappa shape index (κ3) is 4.52. The molecule has 0 radical (unpaired) electrons. The average molecular weight is 348 g/mol. The van der Waals surface area contributed by atoms with Gasteiger partial charge in [0.1, 0.15) is 0 Å². The lowest BCUT2D eigenvalue weighted by Gasteiger charge is -2.19. The van der Waals surface area contributed by atoms with E-state index in [1.165, 1.54) is 5.56 Å². The summed E-state index contributed by atoms with van der Waals surface area (Å²) in [5, 5.41) is 0.631. The summed E-state index contributed by atoms with van der Waals surface area (Å²) in [7, 11) is -1.06. The van der Waals surface area contributed by atoms with Gasteiger partial charge in [-0.25, -0.2) is 0 Å². The number of hydrogen-bond donors (Lipinski definition) is 0. The van der Waals surface area contributed by atoms with Crippen LogP contribution < -0.4 is 0 Å². The third-order valence-electron chi connectivity index (χ3n) is 3.63. The molecule has 0 bridgehead atoms. The Kier molecular flexibility index (Phi) is 5.77. The van der Waals surface area contributed by atoms with E-state index in [0.717, 1.165) is 16.0 Å². The molecule has 0 aliphatic carbocycles. The van der Waals surface area contributed by atoms with Crippen molar-refractivity contribution >= 4 is 33.5 Å². The minimum absolute atomic E-state index is 0.116. The van der Waals surface area contributed by atoms with E-state index in [1.807, 2.05) is 31.2 Å². The molecule has 0 amide bonds. The summed E-state index contributed by atoms with van der Waals surface area (Å²) in [5.74, 6) is 0.560. The molecule has 0 aliphatic rings. The van der Waals surface area contributed by atoms with Crippen molar-refractivity contribution in [1.82, 2.24) is 4.98 Å². The van der Waals surface area contributed by atoms with E-state index in [-0.39, 0.29) is 5.41 Å². The van der Waals surface area contributed by atoms with Gasteiger partial charge in [-0.15, -0.1) is 0 Å². The van der Waals surface area contributed by atoms with Crippen molar-refractivity contribution in [1.29, 1.82) is 0 Å². The molecule has 122 valence electrons. The van der Waals surface area contributed by atoms with Gasteiger partial charge in [0.2, 0.25) is 0 Å². The maximum atomic E-state index is 12.1. The van der Waals surface area contributed by atoms with Gasteiger partial charge in [-0.3, -0.25) is 9.19 Å². The maximum Gasteiger partial charge on any atom is 0.0644 e. The molecule has 2 aromatic rings. The SMILES string of the molecule is CCS(=O)c1cnccc1/C=C(\Cl)c1ccc(C(C)(C)C)cc1. The summed E-state index contributed by atoms with van der Waals surface area (Å²) in [5.41, 5.74) is 3.18. The smallest absolute Gasteiger partial charge is 0.0644 e. The third-order valence-corrected chi connectivity index (χ3v) is 5.32. The number of halogens is 1. The van der Waals surface area contributed by atoms with Crippen LogP contribution in [-0.4, -0.2) is 14.9 Å². The number of pyridine rings is 1. The Balaban J connectivity index is 2.35. The van der Waals surface area contributed by atoms with Crippen molar-refractivity contribution in [3.05, 3.63) is 59.4 Å². The van der Waals surface area contributed by atoms with Gasteiger partial charge in [-0.05, 0) is 34.2 Å². The zero-order valence-corrected chi connectivity index (χ0v) is 15.5. The minimum Gasteiger partial charge on any atom is -0.263 e. The van der Waals surface area contributed by atoms with Crippen LogP contribution in [0.5, 0.6) is 0 Å². The molecule has 2 nitrogen and oxygen atoms in total. The van der Waals surface area contributed by atoms with E-state index >= 15 is 0 Å². The molecule has 1 atom stereocenters. The van der Waals surface area contributed by atoms with Gasteiger partial charge in [-0.2, -0.15) is 0 Å². The summed E-state index contributed by atoms with van der Waals surface area (Å²) >= 11 is 6.47. The highest BCUT2D eigenvalue weighted by Gasteiger charge is 2.13. The van der Waals surface area contributed by atoms with Crippen LogP contribution in [0.4, 0.5) is 0 Å². The van der Waals surface area contributed by atoms with Crippen LogP contribution in [0.2, 0.25) is 0 Å². The second-order valence-electron chi connectivity index (χ2n) is 6.37. The molecule has 0 N–H and O–H groups in total. The van der Waals surface area contributed by atoms with Crippen LogP contribution in [0.15, 0.2) is 47.6 Å². The standard InChI is InChI=1S/C19H22ClNOS/c1-5-23(22)18-13-21-11-10-15(18)12-17(20)14-6-8-16(9-7-14)19(2,3)4/h6-13H,5H2,1-4H3/b17-12-. The average Bonchev–Trinajstić information content (AvgIpc) is 2.54. The largest absolute Gasteiger partial charge is 0.263 e. The molecule has 1 heterocycles. The van der Waals surface area contributed by atoms with E-state index in [4.69, 9.17) is 11.6 Å². The predicted molar refractivity (Wildman–Crippen MR) is 100 cm³/mol. The monoisotopic (exact) mass is 347 g/mol. The van der Waals surface area contributed by atoms with E-state index < -0.39 is 10.8 Å². The first-order valence-electron chi connectivity index (χ1n) is 7.63. The second kappa shape index (κ2) is 7.41. The first-order valence-corrected chi connectivity index (χ1v) is 9.33. The van der Waals surface area contributed by atoms with Crippen LogP contribution in [0.25, 0.3) is 11.1 Å². The van der Waals surface area contributed by atoms with Crippen LogP contribution in [0.1, 0.15) is 44.4 Å². The number of hydrogen-bond acceptors (Lipinski definition) is 2. The fourth-order valence-corrected chi connectivity index (χ4v) is 3.33. The highest BCUT2D eigenvalue weighted by Crippen LogP contribution is 2.28. The molecule has 1 unspecified atom stereocenters. The molecule has 1 aromatic heterocycles. The van der Waals surface area contributed by atoms with Gasteiger partial charge in [0.05, 0.1) is 15.7 Å². The molecule has 23 heavy (non-hydrogen) atoms. The number of aromatic nitrogens is 1. The molecular formula is C19H22ClNOS. The van der Waals surface area contributed by atoms with Crippen molar-refractivity contribution < 1.29 is 4.21 Å². The zero-order chi connectivity index (χ0) is 17.0. The maximum absolute atomic E-state index is 12.1. The van der Waals surface area contributed by atoms with Gasteiger partial charge in [0.15, 0.2) is 0 Å². The van der Waals surface area contributed by atoms with Crippen molar-refractivity contribution in [2.45, 2.75) is 38.0 Å². The lowest BCUT2D eigenvalue weighted by molar-refractivity contribution is 0.590. The predicted octanol–water partition coefficient (Wildman–Crippen LogP) is 5.24. The van der Waals surface area contributed by atoms with Crippen molar-refractivity contribution in [3.63, 3.8) is 0 Å². The molecule has 2 rings (SSSR count). The Morgan fingerprint density at radius 1 is 1.22 bits per heavy atom. The van der Waals surface area contributed by atoms with E-state index in [0.29, 0.717) is 10.8 Å². The minimum atomic E-state index is -1.06. The Labute approximate surface area is 146 Å². The number of nitrogens with zero attached hydrogens (tertiary/aromatic N) is 1. The molecule has 0 spiro atoms. The number of benzene rings is 1. The van der Waals surface area contributed by atoms with Gasteiger partial charge in [-0.1, -0.05) is 63.6 Å². The molecule has 0 fully saturated rings. The highest BCUT2D eigenvalue weighted by molar-refractivity contribution is 7.85. The lowest BCUT2D eigenvalue weighted by Crippen LogP contribution is -2.10. The van der Waals surface area contributed by atoms with E-state index in [9.17, 15) is 4.21 Å². The first kappa shape index (κ1) is 17.9. The summed E-state index contributed by atoms with van der Waals surface area (Å²) in [4.78, 5) is 4.79. The normalized spacial score (nSPS) is 13.9. The first-order chi connectivity index (χ1) is 10.8. The highest BCUT2D eigenvalue weighted by atomic mass is 35.5. The lowest BCUT2D eigenvalue weighted by atomic mass is 9.86. The van der Waals surface area contributed by atoms with Crippen LogP contribution in [0.3, 0.4) is 0 Å². The molecular weight excluding hydrogens is 326 g/mol. The van der Waals surface area contributed by atoms with Crippen molar-refractivity contribution in [2.24, 2.45) is 0 Å². The fraction of sp³-hybridized carbons (Fsp3) is 0.316. The quantitative estimate of drug-likeness (QED) is 0.756. The van der Waals surface area contributed by atoms with Gasteiger partial charge < -0.3 is 0 Å². The Bertz CT molecular complexity index is 730. The van der Waals surface area contributed by atoms with Crippen LogP contribution >= 0.6 is 11.6 Å². The van der Waals surface area contributed by atoms with Crippen LogP contribution in [0, 0.1) is 0 Å². The fourth-order valence-electron chi connectivity index (χ4n) is 2.21. The molecule has 0 saturated heterocycles. The molecule has 0 saturated carbocycles.